The normalized spacial score (nSPS) is 23.6. The quantitative estimate of drug-likeness (QED) is 0.656. The predicted molar refractivity (Wildman–Crippen MR) is 117 cm³/mol. The summed E-state index contributed by atoms with van der Waals surface area (Å²) in [5.41, 5.74) is 2.42. The predicted octanol–water partition coefficient (Wildman–Crippen LogP) is 0.647. The van der Waals surface area contributed by atoms with Crippen molar-refractivity contribution in [1.82, 2.24) is 9.91 Å². The second kappa shape index (κ2) is 8.96. The summed E-state index contributed by atoms with van der Waals surface area (Å²) in [5.74, 6) is -0.501. The van der Waals surface area contributed by atoms with Crippen molar-refractivity contribution in [3.05, 3.63) is 29.8 Å². The molecule has 0 saturated carbocycles. The first-order valence-corrected chi connectivity index (χ1v) is 12.4. The highest BCUT2D eigenvalue weighted by molar-refractivity contribution is 7.91. The summed E-state index contributed by atoms with van der Waals surface area (Å²) >= 11 is 0. The zero-order valence-electron chi connectivity index (χ0n) is 17.7. The van der Waals surface area contributed by atoms with Crippen LogP contribution in [0.15, 0.2) is 29.4 Å². The Kier molecular flexibility index (Phi) is 6.29. The fourth-order valence-electron chi connectivity index (χ4n) is 4.28. The van der Waals surface area contributed by atoms with Crippen LogP contribution in [0, 0.1) is 0 Å². The lowest BCUT2D eigenvalue weighted by Crippen LogP contribution is -2.44. The van der Waals surface area contributed by atoms with Gasteiger partial charge in [0.25, 0.3) is 5.91 Å². The molecule has 31 heavy (non-hydrogen) atoms. The average molecular weight is 449 g/mol. The van der Waals surface area contributed by atoms with Crippen LogP contribution in [-0.4, -0.2) is 86.8 Å². The third-order valence-corrected chi connectivity index (χ3v) is 7.71. The van der Waals surface area contributed by atoms with Crippen molar-refractivity contribution in [2.45, 2.75) is 31.8 Å². The van der Waals surface area contributed by atoms with Crippen LogP contribution in [-0.2, 0) is 30.7 Å². The molecule has 1 atom stereocenters. The Balaban J connectivity index is 1.48. The number of morpholine rings is 1. The Morgan fingerprint density at radius 2 is 1.97 bits per heavy atom. The molecule has 0 aromatic heterocycles. The third kappa shape index (κ3) is 4.90. The molecule has 0 spiro atoms. The molecule has 3 aliphatic rings. The molecular weight excluding hydrogens is 420 g/mol. The molecule has 1 aromatic carbocycles. The van der Waals surface area contributed by atoms with Crippen LogP contribution in [0.3, 0.4) is 0 Å². The Bertz CT molecular complexity index is 987. The molecule has 0 bridgehead atoms. The zero-order chi connectivity index (χ0) is 22.0. The fraction of sp³-hybridized carbons (Fsp3) is 0.571. The van der Waals surface area contributed by atoms with Gasteiger partial charge in [0.1, 0.15) is 5.71 Å². The number of carbonyl (C=O) groups is 2. The standard InChI is InChI=1S/C21H28N4O5S/c1-23(14-16-4-2-3-5-19(16)24-9-11-30-12-10-24)21(27)18-6-7-20(26)25(22-18)17-8-13-31(28,29)15-17/h2-5,17H,6-15H2,1H3. The van der Waals surface area contributed by atoms with Gasteiger partial charge in [-0.1, -0.05) is 18.2 Å². The van der Waals surface area contributed by atoms with Crippen LogP contribution in [0.1, 0.15) is 24.8 Å². The first kappa shape index (κ1) is 21.8. The van der Waals surface area contributed by atoms with Gasteiger partial charge in [0.2, 0.25) is 5.91 Å². The van der Waals surface area contributed by atoms with Gasteiger partial charge >= 0.3 is 0 Å². The van der Waals surface area contributed by atoms with Crippen molar-refractivity contribution in [3.63, 3.8) is 0 Å². The van der Waals surface area contributed by atoms with Crippen LogP contribution in [0.4, 0.5) is 5.69 Å². The number of para-hydroxylation sites is 1. The fourth-order valence-corrected chi connectivity index (χ4v) is 5.98. The van der Waals surface area contributed by atoms with Crippen molar-refractivity contribution in [3.8, 4) is 0 Å². The largest absolute Gasteiger partial charge is 0.378 e. The van der Waals surface area contributed by atoms with E-state index >= 15 is 0 Å². The highest BCUT2D eigenvalue weighted by Gasteiger charge is 2.37. The summed E-state index contributed by atoms with van der Waals surface area (Å²) in [6.07, 6.45) is 0.796. The van der Waals surface area contributed by atoms with Gasteiger partial charge in [-0.15, -0.1) is 0 Å². The number of nitrogens with zero attached hydrogens (tertiary/aromatic N) is 4. The van der Waals surface area contributed by atoms with E-state index in [1.165, 1.54) is 5.01 Å². The number of sulfone groups is 1. The number of hydrogen-bond donors (Lipinski definition) is 0. The van der Waals surface area contributed by atoms with E-state index in [4.69, 9.17) is 4.74 Å². The molecule has 4 rings (SSSR count). The number of carbonyl (C=O) groups excluding carboxylic acids is 2. The molecule has 2 amide bonds. The van der Waals surface area contributed by atoms with Gasteiger partial charge in [0, 0.05) is 45.2 Å². The summed E-state index contributed by atoms with van der Waals surface area (Å²) in [7, 11) is -1.43. The van der Waals surface area contributed by atoms with Gasteiger partial charge in [-0.25, -0.2) is 13.4 Å². The molecule has 3 heterocycles. The third-order valence-electron chi connectivity index (χ3n) is 5.96. The molecular formula is C21H28N4O5S. The van der Waals surface area contributed by atoms with E-state index in [9.17, 15) is 18.0 Å². The van der Waals surface area contributed by atoms with Gasteiger partial charge in [-0.2, -0.15) is 5.10 Å². The molecule has 10 heteroatoms. The van der Waals surface area contributed by atoms with Gasteiger partial charge < -0.3 is 14.5 Å². The van der Waals surface area contributed by atoms with Crippen molar-refractivity contribution in [2.24, 2.45) is 5.10 Å². The maximum atomic E-state index is 13.1. The van der Waals surface area contributed by atoms with Crippen LogP contribution in [0.25, 0.3) is 0 Å². The molecule has 2 saturated heterocycles. The van der Waals surface area contributed by atoms with Crippen LogP contribution in [0.2, 0.25) is 0 Å². The van der Waals surface area contributed by atoms with Crippen molar-refractivity contribution in [2.75, 3.05) is 49.8 Å². The van der Waals surface area contributed by atoms with Crippen molar-refractivity contribution in [1.29, 1.82) is 0 Å². The number of benzene rings is 1. The summed E-state index contributed by atoms with van der Waals surface area (Å²) in [6.45, 7) is 3.39. The topological polar surface area (TPSA) is 99.6 Å². The molecule has 3 aliphatic heterocycles. The van der Waals surface area contributed by atoms with Gasteiger partial charge in [0.05, 0.1) is 30.8 Å². The lowest BCUT2D eigenvalue weighted by Gasteiger charge is -2.32. The number of hydrazone groups is 1. The minimum Gasteiger partial charge on any atom is -0.378 e. The average Bonchev–Trinajstić information content (AvgIpc) is 3.14. The molecule has 2 fully saturated rings. The maximum Gasteiger partial charge on any atom is 0.270 e. The highest BCUT2D eigenvalue weighted by atomic mass is 32.2. The summed E-state index contributed by atoms with van der Waals surface area (Å²) in [6, 6.07) is 7.53. The molecule has 0 radical (unpaired) electrons. The summed E-state index contributed by atoms with van der Waals surface area (Å²) in [5, 5.41) is 5.54. The van der Waals surface area contributed by atoms with Gasteiger partial charge in [0.15, 0.2) is 9.84 Å². The second-order valence-electron chi connectivity index (χ2n) is 8.23. The number of ether oxygens (including phenoxy) is 1. The molecule has 0 aliphatic carbocycles. The first-order chi connectivity index (χ1) is 14.8. The van der Waals surface area contributed by atoms with E-state index in [-0.39, 0.29) is 36.2 Å². The SMILES string of the molecule is CN(Cc1ccccc1N1CCOCC1)C(=O)C1=NN(C2CCS(=O)(=O)C2)C(=O)CC1. The highest BCUT2D eigenvalue weighted by Crippen LogP contribution is 2.25. The van der Waals surface area contributed by atoms with Crippen molar-refractivity contribution >= 4 is 33.1 Å². The molecule has 1 aromatic rings. The number of rotatable bonds is 5. The first-order valence-electron chi connectivity index (χ1n) is 10.6. The number of amides is 2. The minimum atomic E-state index is -3.15. The Morgan fingerprint density at radius 3 is 2.68 bits per heavy atom. The van der Waals surface area contributed by atoms with Crippen molar-refractivity contribution < 1.29 is 22.7 Å². The Labute approximate surface area is 182 Å². The van der Waals surface area contributed by atoms with Crippen LogP contribution in [0.5, 0.6) is 0 Å². The van der Waals surface area contributed by atoms with E-state index in [2.05, 4.69) is 16.1 Å². The molecule has 168 valence electrons. The Hall–Kier alpha value is -2.46. The van der Waals surface area contributed by atoms with Crippen LogP contribution >= 0.6 is 0 Å². The lowest BCUT2D eigenvalue weighted by molar-refractivity contribution is -0.134. The molecule has 9 nitrogen and oxygen atoms in total. The van der Waals surface area contributed by atoms with Gasteiger partial charge in [-0.05, 0) is 18.1 Å². The lowest BCUT2D eigenvalue weighted by atomic mass is 10.1. The van der Waals surface area contributed by atoms with E-state index in [1.54, 1.807) is 11.9 Å². The minimum absolute atomic E-state index is 0.0540. The smallest absolute Gasteiger partial charge is 0.270 e. The second-order valence-corrected chi connectivity index (χ2v) is 10.5. The molecule has 1 unspecified atom stereocenters. The number of anilines is 1. The van der Waals surface area contributed by atoms with Gasteiger partial charge in [-0.3, -0.25) is 9.59 Å². The summed E-state index contributed by atoms with van der Waals surface area (Å²) < 4.78 is 29.1. The zero-order valence-corrected chi connectivity index (χ0v) is 18.5. The number of hydrogen-bond acceptors (Lipinski definition) is 7. The van der Waals surface area contributed by atoms with E-state index in [0.29, 0.717) is 31.9 Å². The van der Waals surface area contributed by atoms with Crippen LogP contribution < -0.4 is 4.90 Å². The molecule has 0 N–H and O–H groups in total. The van der Waals surface area contributed by atoms with E-state index in [1.807, 2.05) is 18.2 Å². The maximum absolute atomic E-state index is 13.1. The monoisotopic (exact) mass is 448 g/mol. The summed E-state index contributed by atoms with van der Waals surface area (Å²) in [4.78, 5) is 29.3. The van der Waals surface area contributed by atoms with E-state index in [0.717, 1.165) is 24.3 Å². The van der Waals surface area contributed by atoms with E-state index < -0.39 is 15.9 Å². The Morgan fingerprint density at radius 1 is 1.23 bits per heavy atom.